The number of rotatable bonds is 5. The first-order valence-electron chi connectivity index (χ1n) is 13.6. The summed E-state index contributed by atoms with van der Waals surface area (Å²) < 4.78 is 2.03. The van der Waals surface area contributed by atoms with Crippen LogP contribution in [0.15, 0.2) is 30.7 Å². The summed E-state index contributed by atoms with van der Waals surface area (Å²) in [7, 11) is 3.72. The SMILES string of the molecule is Cc1c(-c2[nH]c3ccc(C4C[C@H]5CC[C@@H](C4)N5CC(=O)N(C)C)cc3c2C(C)C)cn2cnnc2c1C. The molecule has 0 spiro atoms. The van der Waals surface area contributed by atoms with Crippen LogP contribution in [0.3, 0.4) is 0 Å². The second-order valence-electron chi connectivity index (χ2n) is 11.7. The molecule has 7 heteroatoms. The van der Waals surface area contributed by atoms with Crippen LogP contribution in [0.2, 0.25) is 0 Å². The monoisotopic (exact) mass is 498 g/mol. The number of carbonyl (C=O) groups excluding carboxylic acids is 1. The summed E-state index contributed by atoms with van der Waals surface area (Å²) >= 11 is 0. The third-order valence-electron chi connectivity index (χ3n) is 9.03. The van der Waals surface area contributed by atoms with Gasteiger partial charge in [0.25, 0.3) is 0 Å². The Bertz CT molecular complexity index is 1480. The van der Waals surface area contributed by atoms with Gasteiger partial charge in [-0.2, -0.15) is 0 Å². The molecule has 2 aliphatic heterocycles. The molecule has 194 valence electrons. The van der Waals surface area contributed by atoms with Crippen molar-refractivity contribution in [3.8, 4) is 11.3 Å². The fourth-order valence-electron chi connectivity index (χ4n) is 6.86. The number of hydrogen-bond acceptors (Lipinski definition) is 4. The summed E-state index contributed by atoms with van der Waals surface area (Å²) in [6.07, 6.45) is 8.64. The van der Waals surface area contributed by atoms with E-state index in [0.717, 1.165) is 18.5 Å². The molecule has 0 aliphatic carbocycles. The molecule has 2 fully saturated rings. The van der Waals surface area contributed by atoms with Gasteiger partial charge in [0.05, 0.1) is 12.2 Å². The zero-order valence-electron chi connectivity index (χ0n) is 22.9. The topological polar surface area (TPSA) is 69.5 Å². The molecule has 1 N–H and O–H groups in total. The molecule has 6 rings (SSSR count). The van der Waals surface area contributed by atoms with Gasteiger partial charge >= 0.3 is 0 Å². The van der Waals surface area contributed by atoms with E-state index in [1.165, 1.54) is 57.3 Å². The first kappa shape index (κ1) is 24.2. The van der Waals surface area contributed by atoms with Gasteiger partial charge < -0.3 is 9.88 Å². The Kier molecular flexibility index (Phi) is 5.86. The number of nitrogens with zero attached hydrogens (tertiary/aromatic N) is 5. The van der Waals surface area contributed by atoms with Gasteiger partial charge in [0.2, 0.25) is 5.91 Å². The van der Waals surface area contributed by atoms with Crippen molar-refractivity contribution in [3.05, 3.63) is 53.0 Å². The highest BCUT2D eigenvalue weighted by Gasteiger charge is 2.42. The lowest BCUT2D eigenvalue weighted by atomic mass is 9.84. The number of aromatic amines is 1. The highest BCUT2D eigenvalue weighted by Crippen LogP contribution is 2.45. The molecule has 5 heterocycles. The number of aromatic nitrogens is 4. The molecule has 2 aliphatic rings. The summed E-state index contributed by atoms with van der Waals surface area (Å²) in [5.41, 5.74) is 9.75. The third-order valence-corrected chi connectivity index (χ3v) is 9.03. The molecule has 2 saturated heterocycles. The van der Waals surface area contributed by atoms with E-state index in [-0.39, 0.29) is 5.91 Å². The van der Waals surface area contributed by atoms with Gasteiger partial charge in [0, 0.05) is 48.8 Å². The lowest BCUT2D eigenvalue weighted by molar-refractivity contribution is -0.131. The minimum Gasteiger partial charge on any atom is -0.354 e. The number of H-pyrrole nitrogens is 1. The number of hydrogen-bond donors (Lipinski definition) is 1. The smallest absolute Gasteiger partial charge is 0.236 e. The molecule has 0 radical (unpaired) electrons. The molecule has 1 amide bonds. The van der Waals surface area contributed by atoms with E-state index in [9.17, 15) is 4.79 Å². The van der Waals surface area contributed by atoms with Gasteiger partial charge in [0.15, 0.2) is 5.65 Å². The van der Waals surface area contributed by atoms with Gasteiger partial charge in [-0.25, -0.2) is 0 Å². The summed E-state index contributed by atoms with van der Waals surface area (Å²) in [4.78, 5) is 20.4. The van der Waals surface area contributed by atoms with Crippen LogP contribution in [-0.4, -0.2) is 68.0 Å². The average molecular weight is 499 g/mol. The van der Waals surface area contributed by atoms with E-state index in [1.807, 2.05) is 18.5 Å². The van der Waals surface area contributed by atoms with Crippen LogP contribution >= 0.6 is 0 Å². The molecule has 1 unspecified atom stereocenters. The predicted octanol–water partition coefficient (Wildman–Crippen LogP) is 5.42. The number of nitrogens with one attached hydrogen (secondary N) is 1. The first-order chi connectivity index (χ1) is 17.7. The largest absolute Gasteiger partial charge is 0.354 e. The Labute approximate surface area is 218 Å². The Morgan fingerprint density at radius 2 is 1.86 bits per heavy atom. The second kappa shape index (κ2) is 8.98. The van der Waals surface area contributed by atoms with Crippen molar-refractivity contribution in [2.75, 3.05) is 20.6 Å². The highest BCUT2D eigenvalue weighted by atomic mass is 16.2. The number of carbonyl (C=O) groups is 1. The maximum Gasteiger partial charge on any atom is 0.236 e. The van der Waals surface area contributed by atoms with Crippen LogP contribution in [0.4, 0.5) is 0 Å². The van der Waals surface area contributed by atoms with Crippen molar-refractivity contribution >= 4 is 22.5 Å². The fraction of sp³-hybridized carbons (Fsp3) is 0.500. The predicted molar refractivity (Wildman–Crippen MR) is 148 cm³/mol. The second-order valence-corrected chi connectivity index (χ2v) is 11.7. The van der Waals surface area contributed by atoms with E-state index < -0.39 is 0 Å². The molecular formula is C30H38N6O. The maximum absolute atomic E-state index is 12.4. The minimum absolute atomic E-state index is 0.216. The van der Waals surface area contributed by atoms with Gasteiger partial charge in [-0.05, 0) is 85.8 Å². The van der Waals surface area contributed by atoms with E-state index in [0.29, 0.717) is 30.5 Å². The van der Waals surface area contributed by atoms with Crippen molar-refractivity contribution in [2.24, 2.45) is 0 Å². The first-order valence-corrected chi connectivity index (χ1v) is 13.6. The molecule has 4 aromatic rings. The maximum atomic E-state index is 12.4. The number of aryl methyl sites for hydroxylation is 1. The Morgan fingerprint density at radius 1 is 1.14 bits per heavy atom. The van der Waals surface area contributed by atoms with Crippen LogP contribution in [0.5, 0.6) is 0 Å². The quantitative estimate of drug-likeness (QED) is 0.399. The fourth-order valence-corrected chi connectivity index (χ4v) is 6.86. The van der Waals surface area contributed by atoms with Crippen molar-refractivity contribution < 1.29 is 4.79 Å². The van der Waals surface area contributed by atoms with E-state index in [4.69, 9.17) is 0 Å². The summed E-state index contributed by atoms with van der Waals surface area (Å²) in [5, 5.41) is 9.76. The number of amides is 1. The van der Waals surface area contributed by atoms with Crippen LogP contribution < -0.4 is 0 Å². The van der Waals surface area contributed by atoms with Gasteiger partial charge in [0.1, 0.15) is 6.33 Å². The summed E-state index contributed by atoms with van der Waals surface area (Å²) in [5.74, 6) is 1.14. The zero-order valence-corrected chi connectivity index (χ0v) is 22.9. The van der Waals surface area contributed by atoms with Crippen molar-refractivity contribution in [3.63, 3.8) is 0 Å². The lowest BCUT2D eigenvalue weighted by Gasteiger charge is -2.39. The molecule has 3 atom stereocenters. The highest BCUT2D eigenvalue weighted by molar-refractivity contribution is 5.92. The standard InChI is InChI=1S/C30H38N6O/c1-17(2)28-24-13-20(21-11-22-8-9-23(12-21)36(22)15-27(37)34(5)6)7-10-26(24)32-29(28)25-14-35-16-31-33-30(35)19(4)18(25)3/h7,10,13-14,16-17,21-23,32H,8-9,11-12,15H2,1-6H3/t21?,22-,23+. The molecule has 0 saturated carbocycles. The van der Waals surface area contributed by atoms with E-state index in [2.05, 4.69) is 72.2 Å². The molecule has 1 aromatic carbocycles. The number of likely N-dealkylation sites (N-methyl/N-ethyl adjacent to an activating group) is 1. The molecule has 2 bridgehead atoms. The van der Waals surface area contributed by atoms with E-state index >= 15 is 0 Å². The average Bonchev–Trinajstić information content (AvgIpc) is 3.54. The van der Waals surface area contributed by atoms with Gasteiger partial charge in [-0.15, -0.1) is 10.2 Å². The van der Waals surface area contributed by atoms with Crippen molar-refractivity contribution in [1.82, 2.24) is 29.4 Å². The molecule has 37 heavy (non-hydrogen) atoms. The van der Waals surface area contributed by atoms with Gasteiger partial charge in [-0.3, -0.25) is 14.1 Å². The summed E-state index contributed by atoms with van der Waals surface area (Å²) in [6, 6.07) is 8.09. The molecular weight excluding hydrogens is 460 g/mol. The Balaban J connectivity index is 1.37. The van der Waals surface area contributed by atoms with Crippen molar-refractivity contribution in [2.45, 2.75) is 77.3 Å². The van der Waals surface area contributed by atoms with Crippen LogP contribution in [-0.2, 0) is 4.79 Å². The lowest BCUT2D eigenvalue weighted by Crippen LogP contribution is -2.47. The molecule has 7 nitrogen and oxygen atoms in total. The number of benzene rings is 1. The van der Waals surface area contributed by atoms with Gasteiger partial charge in [-0.1, -0.05) is 19.9 Å². The number of fused-ring (bicyclic) bond motifs is 4. The minimum atomic E-state index is 0.216. The molecule has 3 aromatic heterocycles. The number of piperidine rings is 1. The Morgan fingerprint density at radius 3 is 2.54 bits per heavy atom. The Hall–Kier alpha value is -3.19. The van der Waals surface area contributed by atoms with Crippen LogP contribution in [0, 0.1) is 13.8 Å². The third kappa shape index (κ3) is 3.95. The zero-order chi connectivity index (χ0) is 26.0. The normalized spacial score (nSPS) is 22.0. The number of pyridine rings is 1. The van der Waals surface area contributed by atoms with E-state index in [1.54, 1.807) is 11.2 Å². The van der Waals surface area contributed by atoms with Crippen molar-refractivity contribution in [1.29, 1.82) is 0 Å². The van der Waals surface area contributed by atoms with Crippen LogP contribution in [0.1, 0.15) is 73.6 Å². The van der Waals surface area contributed by atoms with Crippen LogP contribution in [0.25, 0.3) is 27.8 Å². The summed E-state index contributed by atoms with van der Waals surface area (Å²) in [6.45, 7) is 9.45.